The van der Waals surface area contributed by atoms with Crippen LogP contribution in [-0.4, -0.2) is 17.1 Å². The number of rotatable bonds is 7. The van der Waals surface area contributed by atoms with Crippen molar-refractivity contribution in [3.8, 4) is 17.0 Å². The van der Waals surface area contributed by atoms with Gasteiger partial charge in [-0.1, -0.05) is 103 Å². The molecule has 5 nitrogen and oxygen atoms in total. The molecule has 1 aromatic heterocycles. The monoisotopic (exact) mass is 541 g/mol. The van der Waals surface area contributed by atoms with Crippen LogP contribution < -0.4 is 10.2 Å². The first-order chi connectivity index (χ1) is 19.7. The number of fused-ring (bicyclic) bond motifs is 2. The molecule has 0 spiro atoms. The summed E-state index contributed by atoms with van der Waals surface area (Å²) in [4.78, 5) is 18.2. The first kappa shape index (κ1) is 25.3. The van der Waals surface area contributed by atoms with Gasteiger partial charge >= 0.3 is 0 Å². The Balaban J connectivity index is 1.30. The Kier molecular flexibility index (Phi) is 7.20. The van der Waals surface area contributed by atoms with E-state index in [4.69, 9.17) is 21.3 Å². The Morgan fingerprint density at radius 3 is 2.38 bits per heavy atom. The zero-order chi connectivity index (χ0) is 27.3. The van der Waals surface area contributed by atoms with Gasteiger partial charge in [0.05, 0.1) is 23.0 Å². The van der Waals surface area contributed by atoms with Crippen LogP contribution in [0.2, 0.25) is 5.02 Å². The molecule has 0 aliphatic heterocycles. The molecule has 1 N–H and O–H groups in total. The molecule has 0 bridgehead atoms. The Morgan fingerprint density at radius 1 is 0.825 bits per heavy atom. The number of ether oxygens (including phenoxy) is 1. The van der Waals surface area contributed by atoms with Crippen LogP contribution in [0.5, 0.6) is 5.75 Å². The predicted octanol–water partition coefficient (Wildman–Crippen LogP) is 8.05. The van der Waals surface area contributed by atoms with Gasteiger partial charge in [-0.2, -0.15) is 5.10 Å². The summed E-state index contributed by atoms with van der Waals surface area (Å²) >= 11 is 6.02. The Morgan fingerprint density at radius 2 is 1.55 bits per heavy atom. The maximum absolute atomic E-state index is 13.4. The number of aromatic nitrogens is 1. The lowest BCUT2D eigenvalue weighted by Gasteiger charge is -2.12. The maximum Gasteiger partial charge on any atom is 0.272 e. The minimum absolute atomic E-state index is 0.323. The smallest absolute Gasteiger partial charge is 0.272 e. The fourth-order valence-corrected chi connectivity index (χ4v) is 4.74. The molecule has 6 aromatic rings. The lowest BCUT2D eigenvalue weighted by Crippen LogP contribution is -2.18. The number of hydrogen-bond donors (Lipinski definition) is 1. The van der Waals surface area contributed by atoms with E-state index >= 15 is 0 Å². The quantitative estimate of drug-likeness (QED) is 0.164. The highest BCUT2D eigenvalue weighted by Crippen LogP contribution is 2.28. The molecule has 5 aromatic carbocycles. The van der Waals surface area contributed by atoms with Crippen LogP contribution in [-0.2, 0) is 6.61 Å². The fraction of sp³-hybridized carbons (Fsp3) is 0.0294. The second-order valence-corrected chi connectivity index (χ2v) is 9.69. The predicted molar refractivity (Wildman–Crippen MR) is 162 cm³/mol. The van der Waals surface area contributed by atoms with E-state index in [2.05, 4.69) is 10.5 Å². The number of benzene rings is 5. The molecule has 0 unspecified atom stereocenters. The third kappa shape index (κ3) is 5.41. The van der Waals surface area contributed by atoms with Crippen molar-refractivity contribution in [2.45, 2.75) is 6.61 Å². The van der Waals surface area contributed by atoms with Crippen LogP contribution in [0.25, 0.3) is 32.9 Å². The van der Waals surface area contributed by atoms with E-state index in [1.165, 1.54) is 0 Å². The SMILES string of the molecule is O=C(N/N=C\c1c(OCc2ccc(Cl)cc2)ccc2ccccc12)c1cc(-c2ccccc2)nc2ccccc12. The van der Waals surface area contributed by atoms with Crippen LogP contribution in [0.3, 0.4) is 0 Å². The van der Waals surface area contributed by atoms with Crippen molar-refractivity contribution in [3.05, 3.63) is 143 Å². The number of carbonyl (C=O) groups excluding carboxylic acids is 1. The van der Waals surface area contributed by atoms with Gasteiger partial charge in [0.2, 0.25) is 0 Å². The lowest BCUT2D eigenvalue weighted by atomic mass is 10.0. The fourth-order valence-electron chi connectivity index (χ4n) is 4.61. The minimum Gasteiger partial charge on any atom is -0.488 e. The Hall–Kier alpha value is -5.00. The van der Waals surface area contributed by atoms with E-state index in [0.717, 1.165) is 44.1 Å². The summed E-state index contributed by atoms with van der Waals surface area (Å²) in [7, 11) is 0. The van der Waals surface area contributed by atoms with Crippen molar-refractivity contribution in [2.24, 2.45) is 5.10 Å². The Labute approximate surface area is 236 Å². The zero-order valence-corrected chi connectivity index (χ0v) is 22.2. The second kappa shape index (κ2) is 11.4. The number of halogens is 1. The van der Waals surface area contributed by atoms with Gasteiger partial charge in [0.15, 0.2) is 0 Å². The minimum atomic E-state index is -0.323. The van der Waals surface area contributed by atoms with Crippen molar-refractivity contribution in [2.75, 3.05) is 0 Å². The standard InChI is InChI=1S/C34H24ClN3O2/c35-26-17-14-23(15-18-26)22-40-33-19-16-24-8-4-5-11-27(24)30(33)21-36-38-34(39)29-20-32(25-9-2-1-3-10-25)37-31-13-7-6-12-28(29)31/h1-21H,22H2,(H,38,39)/b36-21-. The third-order valence-corrected chi connectivity index (χ3v) is 6.88. The maximum atomic E-state index is 13.4. The van der Waals surface area contributed by atoms with E-state index in [0.29, 0.717) is 22.9 Å². The topological polar surface area (TPSA) is 63.6 Å². The van der Waals surface area contributed by atoms with Crippen molar-refractivity contribution in [1.82, 2.24) is 10.4 Å². The van der Waals surface area contributed by atoms with Gasteiger partial charge in [-0.3, -0.25) is 4.79 Å². The van der Waals surface area contributed by atoms with Gasteiger partial charge in [-0.05, 0) is 46.7 Å². The number of pyridine rings is 1. The highest BCUT2D eigenvalue weighted by Gasteiger charge is 2.14. The summed E-state index contributed by atoms with van der Waals surface area (Å²) in [5.41, 5.74) is 7.39. The zero-order valence-electron chi connectivity index (χ0n) is 21.4. The molecular formula is C34H24ClN3O2. The number of hydrazone groups is 1. The average Bonchev–Trinajstić information content (AvgIpc) is 3.01. The highest BCUT2D eigenvalue weighted by atomic mass is 35.5. The first-order valence-corrected chi connectivity index (χ1v) is 13.2. The first-order valence-electron chi connectivity index (χ1n) is 12.8. The third-order valence-electron chi connectivity index (χ3n) is 6.63. The molecule has 0 saturated heterocycles. The van der Waals surface area contributed by atoms with E-state index in [-0.39, 0.29) is 5.91 Å². The number of carbonyl (C=O) groups is 1. The van der Waals surface area contributed by atoms with E-state index in [9.17, 15) is 4.79 Å². The molecule has 0 saturated carbocycles. The van der Waals surface area contributed by atoms with E-state index in [1.807, 2.05) is 115 Å². The van der Waals surface area contributed by atoms with Crippen molar-refractivity contribution in [3.63, 3.8) is 0 Å². The van der Waals surface area contributed by atoms with E-state index < -0.39 is 0 Å². The molecule has 0 radical (unpaired) electrons. The van der Waals surface area contributed by atoms with Crippen molar-refractivity contribution < 1.29 is 9.53 Å². The normalized spacial score (nSPS) is 11.2. The molecule has 0 atom stereocenters. The summed E-state index contributed by atoms with van der Waals surface area (Å²) in [6, 6.07) is 38.7. The summed E-state index contributed by atoms with van der Waals surface area (Å²) in [6.45, 7) is 0.369. The molecule has 1 heterocycles. The Bertz CT molecular complexity index is 1850. The van der Waals surface area contributed by atoms with Crippen LogP contribution >= 0.6 is 11.6 Å². The number of para-hydroxylation sites is 1. The van der Waals surface area contributed by atoms with E-state index in [1.54, 1.807) is 12.3 Å². The van der Waals surface area contributed by atoms with Gasteiger partial charge in [-0.25, -0.2) is 10.4 Å². The van der Waals surface area contributed by atoms with Gasteiger partial charge in [0.1, 0.15) is 12.4 Å². The highest BCUT2D eigenvalue weighted by molar-refractivity contribution is 6.30. The summed E-state index contributed by atoms with van der Waals surface area (Å²) in [5.74, 6) is 0.336. The summed E-state index contributed by atoms with van der Waals surface area (Å²) in [5, 5.41) is 7.81. The molecule has 6 rings (SSSR count). The van der Waals surface area contributed by atoms with Crippen LogP contribution in [0, 0.1) is 0 Å². The molecule has 0 aliphatic rings. The van der Waals surface area contributed by atoms with Gasteiger partial charge in [0.25, 0.3) is 5.91 Å². The second-order valence-electron chi connectivity index (χ2n) is 9.25. The molecule has 0 aliphatic carbocycles. The van der Waals surface area contributed by atoms with Gasteiger partial charge in [0, 0.05) is 21.5 Å². The largest absolute Gasteiger partial charge is 0.488 e. The number of hydrogen-bond acceptors (Lipinski definition) is 4. The molecule has 1 amide bonds. The molecular weight excluding hydrogens is 518 g/mol. The average molecular weight is 542 g/mol. The summed E-state index contributed by atoms with van der Waals surface area (Å²) in [6.07, 6.45) is 1.64. The van der Waals surface area contributed by atoms with Crippen molar-refractivity contribution in [1.29, 1.82) is 0 Å². The van der Waals surface area contributed by atoms with Crippen LogP contribution in [0.1, 0.15) is 21.5 Å². The number of amides is 1. The van der Waals surface area contributed by atoms with Gasteiger partial charge < -0.3 is 4.74 Å². The summed E-state index contributed by atoms with van der Waals surface area (Å²) < 4.78 is 6.18. The molecule has 194 valence electrons. The molecule has 40 heavy (non-hydrogen) atoms. The molecule has 6 heteroatoms. The van der Waals surface area contributed by atoms with Crippen molar-refractivity contribution >= 4 is 45.4 Å². The van der Waals surface area contributed by atoms with Gasteiger partial charge in [-0.15, -0.1) is 0 Å². The number of nitrogens with zero attached hydrogens (tertiary/aromatic N) is 2. The van der Waals surface area contributed by atoms with Crippen LogP contribution in [0.15, 0.2) is 126 Å². The lowest BCUT2D eigenvalue weighted by molar-refractivity contribution is 0.0956. The van der Waals surface area contributed by atoms with Crippen LogP contribution in [0.4, 0.5) is 0 Å². The molecule has 0 fully saturated rings. The number of nitrogens with one attached hydrogen (secondary N) is 1.